The fourth-order valence-electron chi connectivity index (χ4n) is 6.62. The number of hydrogen-bond donors (Lipinski definition) is 3. The average Bonchev–Trinajstić information content (AvgIpc) is 3.53. The molecule has 0 bridgehead atoms. The van der Waals surface area contributed by atoms with E-state index in [1.807, 2.05) is 60.5 Å². The van der Waals surface area contributed by atoms with Crippen molar-refractivity contribution >= 4 is 35.1 Å². The lowest BCUT2D eigenvalue weighted by atomic mass is 10.0. The van der Waals surface area contributed by atoms with Gasteiger partial charge in [0, 0.05) is 88.2 Å². The highest BCUT2D eigenvalue weighted by Gasteiger charge is 2.32. The minimum absolute atomic E-state index is 0.0415. The molecule has 0 radical (unpaired) electrons. The molecule has 52 heavy (non-hydrogen) atoms. The number of ether oxygens (including phenoxy) is 1. The number of nitrogen functional groups attached to an aromatic ring is 1. The van der Waals surface area contributed by atoms with Gasteiger partial charge in [-0.3, -0.25) is 23.8 Å². The molecule has 0 aliphatic carbocycles. The number of rotatable bonds is 10. The molecule has 1 atom stereocenters. The maximum atomic E-state index is 13.7. The first-order valence-corrected chi connectivity index (χ1v) is 17.9. The highest BCUT2D eigenvalue weighted by Crippen LogP contribution is 2.36. The monoisotopic (exact) mass is 708 g/mol. The van der Waals surface area contributed by atoms with E-state index >= 15 is 0 Å². The van der Waals surface area contributed by atoms with E-state index in [0.717, 1.165) is 63.4 Å². The van der Waals surface area contributed by atoms with Gasteiger partial charge in [0.15, 0.2) is 0 Å². The summed E-state index contributed by atoms with van der Waals surface area (Å²) in [4.78, 5) is 58.6. The third-order valence-electron chi connectivity index (χ3n) is 9.21. The Morgan fingerprint density at radius 1 is 0.962 bits per heavy atom. The summed E-state index contributed by atoms with van der Waals surface area (Å²) in [5, 5.41) is 5.63. The molecule has 4 N–H and O–H groups in total. The zero-order valence-corrected chi connectivity index (χ0v) is 30.1. The van der Waals surface area contributed by atoms with Gasteiger partial charge in [-0.05, 0) is 64.3 Å². The van der Waals surface area contributed by atoms with Gasteiger partial charge in [-0.25, -0.2) is 19.7 Å². The number of nitrogens with one attached hydrogen (secondary N) is 2. The van der Waals surface area contributed by atoms with E-state index in [1.54, 1.807) is 42.7 Å². The second kappa shape index (κ2) is 16.3. The number of anilines is 2. The number of pyridine rings is 1. The molecule has 5 heterocycles. The minimum atomic E-state index is -0.513. The van der Waals surface area contributed by atoms with Crippen LogP contribution < -0.4 is 16.4 Å². The van der Waals surface area contributed by atoms with Gasteiger partial charge >= 0.3 is 6.09 Å². The van der Waals surface area contributed by atoms with Crippen molar-refractivity contribution in [1.29, 1.82) is 0 Å². The van der Waals surface area contributed by atoms with Crippen molar-refractivity contribution < 1.29 is 19.1 Å². The molecule has 2 aliphatic rings. The number of nitrogens with zero attached hydrogens (tertiary/aromatic N) is 7. The van der Waals surface area contributed by atoms with E-state index in [4.69, 9.17) is 15.5 Å². The van der Waals surface area contributed by atoms with Crippen molar-refractivity contribution in [3.63, 3.8) is 0 Å². The van der Waals surface area contributed by atoms with Gasteiger partial charge < -0.3 is 26.0 Å². The lowest BCUT2D eigenvalue weighted by Gasteiger charge is -2.35. The van der Waals surface area contributed by atoms with Crippen LogP contribution >= 0.6 is 0 Å². The molecular formula is C38H48N10O4. The molecule has 2 fully saturated rings. The van der Waals surface area contributed by atoms with Crippen LogP contribution in [0.25, 0.3) is 16.8 Å². The van der Waals surface area contributed by atoms with Crippen molar-refractivity contribution in [3.8, 4) is 11.3 Å². The van der Waals surface area contributed by atoms with E-state index in [-0.39, 0.29) is 17.9 Å². The molecule has 2 aliphatic heterocycles. The molecule has 14 heteroatoms. The Morgan fingerprint density at radius 3 is 2.46 bits per heavy atom. The first-order valence-electron chi connectivity index (χ1n) is 17.9. The van der Waals surface area contributed by atoms with Crippen molar-refractivity contribution in [2.45, 2.75) is 51.7 Å². The highest BCUT2D eigenvalue weighted by molar-refractivity contribution is 6.04. The van der Waals surface area contributed by atoms with E-state index in [0.29, 0.717) is 48.0 Å². The highest BCUT2D eigenvalue weighted by atomic mass is 16.6. The predicted molar refractivity (Wildman–Crippen MR) is 200 cm³/mol. The molecule has 3 aromatic heterocycles. The normalized spacial score (nSPS) is 17.4. The van der Waals surface area contributed by atoms with Crippen LogP contribution in [0.1, 0.15) is 62.3 Å². The lowest BCUT2D eigenvalue weighted by Crippen LogP contribution is -2.48. The van der Waals surface area contributed by atoms with Crippen LogP contribution in [0.15, 0.2) is 73.2 Å². The van der Waals surface area contributed by atoms with Crippen molar-refractivity contribution in [2.75, 3.05) is 63.4 Å². The molecule has 4 aromatic rings. The lowest BCUT2D eigenvalue weighted by molar-refractivity contribution is -0.130. The summed E-state index contributed by atoms with van der Waals surface area (Å²) in [5.41, 5.74) is 8.49. The van der Waals surface area contributed by atoms with Crippen molar-refractivity contribution in [1.82, 2.24) is 39.4 Å². The first kappa shape index (κ1) is 36.5. The number of fused-ring (bicyclic) bond motifs is 1. The zero-order valence-electron chi connectivity index (χ0n) is 30.1. The van der Waals surface area contributed by atoms with E-state index < -0.39 is 11.7 Å². The summed E-state index contributed by atoms with van der Waals surface area (Å²) < 4.78 is 7.26. The smallest absolute Gasteiger partial charge is 0.407 e. The fourth-order valence-corrected chi connectivity index (χ4v) is 6.62. The van der Waals surface area contributed by atoms with Crippen LogP contribution in [0, 0.1) is 0 Å². The number of carbonyl (C=O) groups is 3. The van der Waals surface area contributed by atoms with Crippen LogP contribution in [-0.4, -0.2) is 110 Å². The summed E-state index contributed by atoms with van der Waals surface area (Å²) in [6.45, 7) is 11.7. The largest absolute Gasteiger partial charge is 0.444 e. The molecule has 3 amide bonds. The number of benzene rings is 1. The van der Waals surface area contributed by atoms with Gasteiger partial charge in [0.25, 0.3) is 5.91 Å². The zero-order chi connectivity index (χ0) is 36.7. The van der Waals surface area contributed by atoms with Crippen LogP contribution in [-0.2, 0) is 9.53 Å². The van der Waals surface area contributed by atoms with Crippen LogP contribution in [0.3, 0.4) is 0 Å². The Labute approximate surface area is 304 Å². The molecule has 274 valence electrons. The van der Waals surface area contributed by atoms with Crippen LogP contribution in [0.2, 0.25) is 0 Å². The molecule has 1 unspecified atom stereocenters. The van der Waals surface area contributed by atoms with Gasteiger partial charge in [-0.1, -0.05) is 24.3 Å². The number of carbonyl (C=O) groups excluding carboxylic acids is 3. The van der Waals surface area contributed by atoms with Crippen LogP contribution in [0.5, 0.6) is 0 Å². The molecular weight excluding hydrogens is 660 g/mol. The molecule has 0 saturated carbocycles. The quantitative estimate of drug-likeness (QED) is 0.202. The number of piperazine rings is 1. The molecule has 2 saturated heterocycles. The Balaban J connectivity index is 1.08. The number of likely N-dealkylation sites (tertiary alicyclic amines) is 1. The third-order valence-corrected chi connectivity index (χ3v) is 9.21. The van der Waals surface area contributed by atoms with Gasteiger partial charge in [0.2, 0.25) is 5.91 Å². The second-order valence-electron chi connectivity index (χ2n) is 14.1. The SMILES string of the molecule is CC(C)(C)OC(=O)NCCN1CCN(C/C=C/C(=O)N2CCCCC2c2nc(-c3ccc(C(=O)Nc4ccccn4)cc3)c3c(N)nccn23)CC1. The Hall–Kier alpha value is -5.34. The summed E-state index contributed by atoms with van der Waals surface area (Å²) in [5.74, 6) is 1.23. The molecule has 6 rings (SSSR count). The Morgan fingerprint density at radius 2 is 1.73 bits per heavy atom. The maximum Gasteiger partial charge on any atom is 0.407 e. The molecule has 14 nitrogen and oxygen atoms in total. The number of nitrogens with two attached hydrogens (primary N) is 1. The molecule has 0 spiro atoms. The first-order chi connectivity index (χ1) is 25.1. The number of alkyl carbamates (subject to hydrolysis) is 1. The maximum absolute atomic E-state index is 13.7. The minimum Gasteiger partial charge on any atom is -0.444 e. The number of piperidine rings is 1. The second-order valence-corrected chi connectivity index (χ2v) is 14.1. The summed E-state index contributed by atoms with van der Waals surface area (Å²) >= 11 is 0. The number of hydrogen-bond acceptors (Lipinski definition) is 10. The van der Waals surface area contributed by atoms with Gasteiger partial charge in [-0.2, -0.15) is 0 Å². The fraction of sp³-hybridized carbons (Fsp3) is 0.421. The van der Waals surface area contributed by atoms with Crippen molar-refractivity contribution in [3.05, 3.63) is 84.6 Å². The number of imidazole rings is 1. The van der Waals surface area contributed by atoms with E-state index in [2.05, 4.69) is 30.4 Å². The average molecular weight is 709 g/mol. The Kier molecular flexibility index (Phi) is 11.5. The topological polar surface area (TPSA) is 163 Å². The summed E-state index contributed by atoms with van der Waals surface area (Å²) in [6.07, 6.45) is 11.0. The van der Waals surface area contributed by atoms with Crippen molar-refractivity contribution in [2.24, 2.45) is 0 Å². The number of amides is 3. The van der Waals surface area contributed by atoms with Gasteiger partial charge in [-0.15, -0.1) is 0 Å². The third kappa shape index (κ3) is 9.11. The van der Waals surface area contributed by atoms with Crippen LogP contribution in [0.4, 0.5) is 16.4 Å². The van der Waals surface area contributed by atoms with Gasteiger partial charge in [0.1, 0.15) is 34.3 Å². The van der Waals surface area contributed by atoms with E-state index in [1.165, 1.54) is 0 Å². The summed E-state index contributed by atoms with van der Waals surface area (Å²) in [6, 6.07) is 12.3. The van der Waals surface area contributed by atoms with E-state index in [9.17, 15) is 14.4 Å². The molecule has 1 aromatic carbocycles. The van der Waals surface area contributed by atoms with Gasteiger partial charge in [0.05, 0.1) is 6.04 Å². The predicted octanol–water partition coefficient (Wildman–Crippen LogP) is 4.38. The number of aromatic nitrogens is 4. The Bertz CT molecular complexity index is 1880. The summed E-state index contributed by atoms with van der Waals surface area (Å²) in [7, 11) is 0. The standard InChI is InChI=1S/C38H48N10O4/c1-38(2,3)52-37(51)42-17-21-46-25-23-45(24-26-46)19-8-11-31(49)47-20-7-5-9-29(47)35-44-32(33-34(39)41-18-22-48(33)35)27-12-14-28(15-13-27)36(50)43-30-10-4-6-16-40-30/h4,6,8,10-16,18,22,29H,5,7,9,17,19-21,23-26H2,1-3H3,(H2,39,41)(H,42,51)(H,40,43,50)/b11-8+.